The minimum atomic E-state index is -3.01. The van der Waals surface area contributed by atoms with Crippen molar-refractivity contribution < 1.29 is 13.2 Å². The van der Waals surface area contributed by atoms with Crippen LogP contribution >= 0.6 is 11.8 Å². The van der Waals surface area contributed by atoms with Crippen molar-refractivity contribution in [1.29, 1.82) is 0 Å². The number of benzene rings is 1. The first-order chi connectivity index (χ1) is 13.4. The van der Waals surface area contributed by atoms with Gasteiger partial charge in [0.25, 0.3) is 0 Å². The average molecular weight is 421 g/mol. The largest absolute Gasteiger partial charge is 0.342 e. The van der Waals surface area contributed by atoms with Crippen LogP contribution in [0.3, 0.4) is 0 Å². The molecule has 4 rings (SSSR count). The summed E-state index contributed by atoms with van der Waals surface area (Å²) in [6.07, 6.45) is 6.47. The zero-order valence-electron chi connectivity index (χ0n) is 16.3. The number of thioether (sulfide) groups is 1. The molecule has 2 atom stereocenters. The second kappa shape index (κ2) is 8.19. The lowest BCUT2D eigenvalue weighted by molar-refractivity contribution is -0.118. The van der Waals surface area contributed by atoms with E-state index >= 15 is 0 Å². The van der Waals surface area contributed by atoms with Crippen LogP contribution in [0.15, 0.2) is 29.3 Å². The van der Waals surface area contributed by atoms with Gasteiger partial charge >= 0.3 is 0 Å². The SMILES string of the molecule is Cc1ccc(CN2C(=NC(=O)CCC3CCCC3)SC3CS(=O)(=O)CC32)cc1. The molecular formula is C21H28N2O3S2. The zero-order chi connectivity index (χ0) is 19.7. The van der Waals surface area contributed by atoms with Gasteiger partial charge < -0.3 is 4.90 Å². The molecule has 7 heteroatoms. The molecule has 1 aromatic rings. The molecular weight excluding hydrogens is 392 g/mol. The lowest BCUT2D eigenvalue weighted by Crippen LogP contribution is -2.37. The standard InChI is InChI=1S/C21H28N2O3S2/c1-15-6-8-17(9-7-15)12-23-18-13-28(25,26)14-19(18)27-21(23)22-20(24)11-10-16-4-2-3-5-16/h6-9,16,18-19H,2-5,10-14H2,1H3. The van der Waals surface area contributed by atoms with Crippen LogP contribution in [0.4, 0.5) is 0 Å². The molecule has 2 heterocycles. The van der Waals surface area contributed by atoms with Crippen LogP contribution in [-0.2, 0) is 21.2 Å². The van der Waals surface area contributed by atoms with E-state index in [1.807, 2.05) is 6.92 Å². The maximum absolute atomic E-state index is 12.5. The molecule has 3 aliphatic rings. The zero-order valence-corrected chi connectivity index (χ0v) is 18.0. The van der Waals surface area contributed by atoms with Crippen molar-refractivity contribution in [3.63, 3.8) is 0 Å². The van der Waals surface area contributed by atoms with Gasteiger partial charge in [-0.15, -0.1) is 0 Å². The Hall–Kier alpha value is -1.34. The van der Waals surface area contributed by atoms with E-state index in [1.54, 1.807) is 0 Å². The lowest BCUT2D eigenvalue weighted by atomic mass is 10.0. The van der Waals surface area contributed by atoms with Gasteiger partial charge in [-0.05, 0) is 24.8 Å². The summed E-state index contributed by atoms with van der Waals surface area (Å²) in [5.41, 5.74) is 2.30. The van der Waals surface area contributed by atoms with E-state index in [2.05, 4.69) is 34.2 Å². The molecule has 0 spiro atoms. The third-order valence-electron chi connectivity index (χ3n) is 6.11. The van der Waals surface area contributed by atoms with Crippen molar-refractivity contribution >= 4 is 32.7 Å². The number of nitrogens with zero attached hydrogens (tertiary/aromatic N) is 2. The molecule has 152 valence electrons. The Balaban J connectivity index is 1.49. The molecule has 0 aromatic heterocycles. The molecule has 1 saturated carbocycles. The molecule has 0 bridgehead atoms. The van der Waals surface area contributed by atoms with Crippen LogP contribution in [0.1, 0.15) is 49.7 Å². The first-order valence-corrected chi connectivity index (χ1v) is 12.9. The van der Waals surface area contributed by atoms with Crippen molar-refractivity contribution in [1.82, 2.24) is 4.90 Å². The van der Waals surface area contributed by atoms with Crippen molar-refractivity contribution in [3.8, 4) is 0 Å². The second-order valence-corrected chi connectivity index (χ2v) is 11.8. The van der Waals surface area contributed by atoms with Gasteiger partial charge in [0.2, 0.25) is 5.91 Å². The number of amides is 1. The molecule has 1 aromatic carbocycles. The summed E-state index contributed by atoms with van der Waals surface area (Å²) < 4.78 is 24.2. The number of sulfone groups is 1. The van der Waals surface area contributed by atoms with Crippen LogP contribution in [-0.4, -0.2) is 47.2 Å². The van der Waals surface area contributed by atoms with Gasteiger partial charge in [-0.3, -0.25) is 4.79 Å². The Morgan fingerprint density at radius 1 is 1.18 bits per heavy atom. The minimum Gasteiger partial charge on any atom is -0.342 e. The first kappa shape index (κ1) is 20.0. The smallest absolute Gasteiger partial charge is 0.248 e. The summed E-state index contributed by atoms with van der Waals surface area (Å²) in [5.74, 6) is 0.952. The van der Waals surface area contributed by atoms with E-state index < -0.39 is 9.84 Å². The fourth-order valence-corrected chi connectivity index (χ4v) is 8.47. The third kappa shape index (κ3) is 4.62. The molecule has 1 aliphatic carbocycles. The maximum atomic E-state index is 12.5. The Labute approximate surface area is 171 Å². The van der Waals surface area contributed by atoms with E-state index in [4.69, 9.17) is 0 Å². The highest BCUT2D eigenvalue weighted by atomic mass is 32.2. The van der Waals surface area contributed by atoms with Gasteiger partial charge in [0.1, 0.15) is 0 Å². The molecule has 0 N–H and O–H groups in total. The number of rotatable bonds is 5. The van der Waals surface area contributed by atoms with E-state index in [1.165, 1.54) is 43.0 Å². The Kier molecular flexibility index (Phi) is 5.83. The Morgan fingerprint density at radius 3 is 2.61 bits per heavy atom. The van der Waals surface area contributed by atoms with E-state index in [9.17, 15) is 13.2 Å². The molecule has 28 heavy (non-hydrogen) atoms. The van der Waals surface area contributed by atoms with Crippen LogP contribution in [0.25, 0.3) is 0 Å². The second-order valence-electron chi connectivity index (χ2n) is 8.39. The predicted molar refractivity (Wildman–Crippen MR) is 114 cm³/mol. The molecule has 0 radical (unpaired) electrons. The van der Waals surface area contributed by atoms with Crippen molar-refractivity contribution in [2.24, 2.45) is 10.9 Å². The fourth-order valence-electron chi connectivity index (χ4n) is 4.50. The van der Waals surface area contributed by atoms with Gasteiger partial charge in [-0.25, -0.2) is 8.42 Å². The van der Waals surface area contributed by atoms with Crippen LogP contribution in [0.2, 0.25) is 0 Å². The van der Waals surface area contributed by atoms with Crippen molar-refractivity contribution in [2.75, 3.05) is 11.5 Å². The number of aliphatic imine (C=N–C) groups is 1. The van der Waals surface area contributed by atoms with Gasteiger partial charge in [0, 0.05) is 18.2 Å². The fraction of sp³-hybridized carbons (Fsp3) is 0.619. The average Bonchev–Trinajstić information content (AvgIpc) is 3.32. The number of carbonyl (C=O) groups excluding carboxylic acids is 1. The normalized spacial score (nSPS) is 28.2. The Morgan fingerprint density at radius 2 is 1.89 bits per heavy atom. The number of fused-ring (bicyclic) bond motifs is 1. The molecule has 1 amide bonds. The molecule has 3 fully saturated rings. The number of aryl methyl sites for hydroxylation is 1. The highest BCUT2D eigenvalue weighted by molar-refractivity contribution is 8.15. The first-order valence-electron chi connectivity index (χ1n) is 10.2. The topological polar surface area (TPSA) is 66.8 Å². The van der Waals surface area contributed by atoms with Crippen LogP contribution in [0.5, 0.6) is 0 Å². The number of carbonyl (C=O) groups is 1. The molecule has 2 saturated heterocycles. The van der Waals surface area contributed by atoms with Gasteiger partial charge in [0.15, 0.2) is 15.0 Å². The van der Waals surface area contributed by atoms with Crippen LogP contribution in [0, 0.1) is 12.8 Å². The lowest BCUT2D eigenvalue weighted by Gasteiger charge is -2.24. The molecule has 2 aliphatic heterocycles. The summed E-state index contributed by atoms with van der Waals surface area (Å²) in [5, 5.41) is 0.693. The van der Waals surface area contributed by atoms with Gasteiger partial charge in [-0.2, -0.15) is 4.99 Å². The summed E-state index contributed by atoms with van der Waals surface area (Å²) in [6.45, 7) is 2.64. The van der Waals surface area contributed by atoms with E-state index in [0.29, 0.717) is 24.1 Å². The summed E-state index contributed by atoms with van der Waals surface area (Å²) >= 11 is 1.48. The number of hydrogen-bond donors (Lipinski definition) is 0. The van der Waals surface area contributed by atoms with Gasteiger partial charge in [-0.1, -0.05) is 67.3 Å². The number of hydrogen-bond acceptors (Lipinski definition) is 4. The monoisotopic (exact) mass is 420 g/mol. The highest BCUT2D eigenvalue weighted by Gasteiger charge is 2.48. The summed E-state index contributed by atoms with van der Waals surface area (Å²) in [7, 11) is -3.01. The van der Waals surface area contributed by atoms with Crippen LogP contribution < -0.4 is 0 Å². The van der Waals surface area contributed by atoms with E-state index in [-0.39, 0.29) is 28.7 Å². The van der Waals surface area contributed by atoms with Gasteiger partial charge in [0.05, 0.1) is 17.5 Å². The third-order valence-corrected chi connectivity index (χ3v) is 9.36. The molecule has 2 unspecified atom stereocenters. The highest BCUT2D eigenvalue weighted by Crippen LogP contribution is 2.39. The Bertz CT molecular complexity index is 858. The number of amidine groups is 1. The molecule has 5 nitrogen and oxygen atoms in total. The maximum Gasteiger partial charge on any atom is 0.248 e. The predicted octanol–water partition coefficient (Wildman–Crippen LogP) is 3.56. The van der Waals surface area contributed by atoms with Crippen molar-refractivity contribution in [2.45, 2.75) is 63.3 Å². The summed E-state index contributed by atoms with van der Waals surface area (Å²) in [4.78, 5) is 19.0. The quantitative estimate of drug-likeness (QED) is 0.729. The summed E-state index contributed by atoms with van der Waals surface area (Å²) in [6, 6.07) is 8.17. The minimum absolute atomic E-state index is 0.0168. The van der Waals surface area contributed by atoms with Crippen molar-refractivity contribution in [3.05, 3.63) is 35.4 Å². The van der Waals surface area contributed by atoms with E-state index in [0.717, 1.165) is 12.0 Å².